The summed E-state index contributed by atoms with van der Waals surface area (Å²) in [6.07, 6.45) is 10.2. The highest BCUT2D eigenvalue weighted by Crippen LogP contribution is 2.15. The lowest BCUT2D eigenvalue weighted by atomic mass is 10.1. The summed E-state index contributed by atoms with van der Waals surface area (Å²) in [5, 5.41) is 0. The van der Waals surface area contributed by atoms with E-state index in [-0.39, 0.29) is 12.1 Å². The third kappa shape index (κ3) is 2.65. The summed E-state index contributed by atoms with van der Waals surface area (Å²) in [6, 6.07) is 3.32. The number of pyridine rings is 1. The van der Waals surface area contributed by atoms with Crippen molar-refractivity contribution in [2.24, 2.45) is 0 Å². The van der Waals surface area contributed by atoms with E-state index in [2.05, 4.69) is 11.1 Å². The summed E-state index contributed by atoms with van der Waals surface area (Å²) in [5.74, 6) is -0.269. The number of ether oxygens (including phenoxy) is 1. The van der Waals surface area contributed by atoms with Crippen LogP contribution in [0.25, 0.3) is 0 Å². The number of hydrogen-bond donors (Lipinski definition) is 0. The molecule has 78 valence electrons. The number of hydrogen-bond acceptors (Lipinski definition) is 3. The Balaban J connectivity index is 1.98. The summed E-state index contributed by atoms with van der Waals surface area (Å²) >= 11 is 0. The maximum absolute atomic E-state index is 11.6. The van der Waals surface area contributed by atoms with Gasteiger partial charge in [0, 0.05) is 12.4 Å². The first kappa shape index (κ1) is 9.90. The fourth-order valence-electron chi connectivity index (χ4n) is 1.57. The zero-order chi connectivity index (χ0) is 10.5. The van der Waals surface area contributed by atoms with Crippen molar-refractivity contribution in [3.63, 3.8) is 0 Å². The molecular formula is C12H13NO2. The normalized spacial score (nSPS) is 19.9. The molecule has 0 aliphatic heterocycles. The van der Waals surface area contributed by atoms with Crippen LogP contribution in [-0.4, -0.2) is 17.1 Å². The molecule has 0 N–H and O–H groups in total. The molecule has 2 rings (SSSR count). The number of nitrogens with zero attached hydrogens (tertiary/aromatic N) is 1. The van der Waals surface area contributed by atoms with Crippen molar-refractivity contribution in [3.8, 4) is 0 Å². The fourth-order valence-corrected chi connectivity index (χ4v) is 1.57. The van der Waals surface area contributed by atoms with Gasteiger partial charge < -0.3 is 4.74 Å². The number of allylic oxidation sites excluding steroid dienone is 1. The molecule has 0 saturated heterocycles. The quantitative estimate of drug-likeness (QED) is 0.547. The maximum Gasteiger partial charge on any atom is 0.338 e. The molecule has 0 aromatic carbocycles. The minimum atomic E-state index is -0.269. The third-order valence-corrected chi connectivity index (χ3v) is 2.38. The van der Waals surface area contributed by atoms with Crippen molar-refractivity contribution in [2.45, 2.75) is 25.4 Å². The molecule has 1 atom stereocenters. The van der Waals surface area contributed by atoms with Gasteiger partial charge >= 0.3 is 5.97 Å². The van der Waals surface area contributed by atoms with Gasteiger partial charge in [0.2, 0.25) is 0 Å². The zero-order valence-corrected chi connectivity index (χ0v) is 8.43. The molecule has 1 aromatic rings. The lowest BCUT2D eigenvalue weighted by molar-refractivity contribution is 0.0370. The van der Waals surface area contributed by atoms with Gasteiger partial charge in [-0.1, -0.05) is 6.08 Å². The van der Waals surface area contributed by atoms with Gasteiger partial charge in [0.15, 0.2) is 0 Å². The first-order chi connectivity index (χ1) is 7.36. The first-order valence-electron chi connectivity index (χ1n) is 5.14. The Kier molecular flexibility index (Phi) is 3.12. The number of aromatic nitrogens is 1. The van der Waals surface area contributed by atoms with Crippen LogP contribution >= 0.6 is 0 Å². The van der Waals surface area contributed by atoms with Crippen molar-refractivity contribution in [1.29, 1.82) is 0 Å². The zero-order valence-electron chi connectivity index (χ0n) is 8.43. The topological polar surface area (TPSA) is 39.2 Å². The Morgan fingerprint density at radius 3 is 2.87 bits per heavy atom. The highest BCUT2D eigenvalue weighted by molar-refractivity contribution is 5.89. The molecule has 15 heavy (non-hydrogen) atoms. The highest BCUT2D eigenvalue weighted by Gasteiger charge is 2.14. The van der Waals surface area contributed by atoms with E-state index < -0.39 is 0 Å². The summed E-state index contributed by atoms with van der Waals surface area (Å²) in [4.78, 5) is 15.5. The second-order valence-electron chi connectivity index (χ2n) is 3.54. The van der Waals surface area contributed by atoms with Crippen LogP contribution in [0.5, 0.6) is 0 Å². The van der Waals surface area contributed by atoms with Crippen LogP contribution in [-0.2, 0) is 4.74 Å². The van der Waals surface area contributed by atoms with E-state index in [9.17, 15) is 4.79 Å². The molecule has 1 aromatic heterocycles. The van der Waals surface area contributed by atoms with Crippen molar-refractivity contribution >= 4 is 5.97 Å². The van der Waals surface area contributed by atoms with Crippen LogP contribution in [0, 0.1) is 0 Å². The highest BCUT2D eigenvalue weighted by atomic mass is 16.5. The smallest absolute Gasteiger partial charge is 0.338 e. The standard InChI is InChI=1S/C12H13NO2/c14-12(10-6-8-13-9-7-10)15-11-4-2-1-3-5-11/h2,4,6-9,11H,1,3,5H2. The Hall–Kier alpha value is -1.64. The van der Waals surface area contributed by atoms with Gasteiger partial charge in [-0.15, -0.1) is 0 Å². The summed E-state index contributed by atoms with van der Waals surface area (Å²) in [6.45, 7) is 0. The third-order valence-electron chi connectivity index (χ3n) is 2.38. The minimum absolute atomic E-state index is 0.0561. The molecule has 0 radical (unpaired) electrons. The molecule has 0 spiro atoms. The molecule has 3 nitrogen and oxygen atoms in total. The number of esters is 1. The van der Waals surface area contributed by atoms with Crippen LogP contribution in [0.3, 0.4) is 0 Å². The molecule has 1 aliphatic rings. The predicted octanol–water partition coefficient (Wildman–Crippen LogP) is 2.35. The van der Waals surface area contributed by atoms with Gasteiger partial charge in [-0.25, -0.2) is 4.79 Å². The monoisotopic (exact) mass is 203 g/mol. The lowest BCUT2D eigenvalue weighted by Crippen LogP contribution is -2.17. The fraction of sp³-hybridized carbons (Fsp3) is 0.333. The Morgan fingerprint density at radius 2 is 2.20 bits per heavy atom. The van der Waals surface area contributed by atoms with Gasteiger partial charge in [0.1, 0.15) is 6.10 Å². The Morgan fingerprint density at radius 1 is 1.40 bits per heavy atom. The molecule has 1 heterocycles. The Labute approximate surface area is 88.8 Å². The second-order valence-corrected chi connectivity index (χ2v) is 3.54. The van der Waals surface area contributed by atoms with Gasteiger partial charge in [-0.3, -0.25) is 4.98 Å². The SMILES string of the molecule is O=C(OC1C=CCCC1)c1ccncc1. The van der Waals surface area contributed by atoms with E-state index in [0.29, 0.717) is 5.56 Å². The molecule has 0 bridgehead atoms. The van der Waals surface area contributed by atoms with Crippen LogP contribution in [0.4, 0.5) is 0 Å². The van der Waals surface area contributed by atoms with Crippen molar-refractivity contribution < 1.29 is 9.53 Å². The van der Waals surface area contributed by atoms with Gasteiger partial charge in [0.05, 0.1) is 5.56 Å². The number of carbonyl (C=O) groups excluding carboxylic acids is 1. The second kappa shape index (κ2) is 4.73. The molecule has 0 amide bonds. The average molecular weight is 203 g/mol. The van der Waals surface area contributed by atoms with Crippen LogP contribution in [0.1, 0.15) is 29.6 Å². The number of rotatable bonds is 2. The maximum atomic E-state index is 11.6. The largest absolute Gasteiger partial charge is 0.455 e. The van der Waals surface area contributed by atoms with Gasteiger partial charge in [-0.2, -0.15) is 0 Å². The predicted molar refractivity (Wildman–Crippen MR) is 56.4 cm³/mol. The molecule has 0 fully saturated rings. The van der Waals surface area contributed by atoms with Gasteiger partial charge in [-0.05, 0) is 37.5 Å². The summed E-state index contributed by atoms with van der Waals surface area (Å²) < 4.78 is 5.32. The van der Waals surface area contributed by atoms with Crippen molar-refractivity contribution in [3.05, 3.63) is 42.2 Å². The van der Waals surface area contributed by atoms with E-state index in [0.717, 1.165) is 19.3 Å². The summed E-state index contributed by atoms with van der Waals surface area (Å²) in [5.41, 5.74) is 0.559. The van der Waals surface area contributed by atoms with E-state index in [1.807, 2.05) is 6.08 Å². The van der Waals surface area contributed by atoms with Crippen LogP contribution in [0.15, 0.2) is 36.7 Å². The van der Waals surface area contributed by atoms with Crippen LogP contribution < -0.4 is 0 Å². The molecular weight excluding hydrogens is 190 g/mol. The number of carbonyl (C=O) groups is 1. The van der Waals surface area contributed by atoms with E-state index in [1.165, 1.54) is 0 Å². The average Bonchev–Trinajstić information content (AvgIpc) is 2.31. The molecule has 3 heteroatoms. The van der Waals surface area contributed by atoms with Crippen LogP contribution in [0.2, 0.25) is 0 Å². The molecule has 1 aliphatic carbocycles. The summed E-state index contributed by atoms with van der Waals surface area (Å²) in [7, 11) is 0. The first-order valence-corrected chi connectivity index (χ1v) is 5.14. The minimum Gasteiger partial charge on any atom is -0.455 e. The van der Waals surface area contributed by atoms with E-state index in [4.69, 9.17) is 4.74 Å². The van der Waals surface area contributed by atoms with Crippen molar-refractivity contribution in [2.75, 3.05) is 0 Å². The van der Waals surface area contributed by atoms with E-state index in [1.54, 1.807) is 24.5 Å². The molecule has 1 unspecified atom stereocenters. The van der Waals surface area contributed by atoms with Gasteiger partial charge in [0.25, 0.3) is 0 Å². The van der Waals surface area contributed by atoms with Crippen molar-refractivity contribution in [1.82, 2.24) is 4.98 Å². The molecule has 0 saturated carbocycles. The lowest BCUT2D eigenvalue weighted by Gasteiger charge is -2.16. The van der Waals surface area contributed by atoms with E-state index >= 15 is 0 Å². The Bertz CT molecular complexity index is 359.